The van der Waals surface area contributed by atoms with Gasteiger partial charge in [0, 0.05) is 12.6 Å². The van der Waals surface area contributed by atoms with Crippen LogP contribution in [-0.4, -0.2) is 11.6 Å². The molecule has 4 heteroatoms. The van der Waals surface area contributed by atoms with Crippen molar-refractivity contribution in [2.45, 2.75) is 13.3 Å². The Labute approximate surface area is 82.0 Å². The molecule has 1 heterocycles. The minimum Gasteiger partial charge on any atom is -0.399 e. The molecule has 0 fully saturated rings. The predicted molar refractivity (Wildman–Crippen MR) is 54.6 cm³/mol. The maximum absolute atomic E-state index is 11.5. The van der Waals surface area contributed by atoms with Crippen molar-refractivity contribution in [2.75, 3.05) is 10.7 Å². The van der Waals surface area contributed by atoms with Crippen molar-refractivity contribution >= 4 is 23.0 Å². The van der Waals surface area contributed by atoms with E-state index in [1.165, 1.54) is 5.01 Å². The Morgan fingerprint density at radius 2 is 2.29 bits per heavy atom. The Balaban J connectivity index is 2.36. The standard InChI is InChI=1S/C10H11N3O/c1-7-5-10(14)13(12-7)9-4-2-3-8(11)6-9/h2-4,6H,5,11H2,1H3/p+1. The Kier molecular flexibility index (Phi) is 1.96. The highest BCUT2D eigenvalue weighted by Crippen LogP contribution is 2.15. The third kappa shape index (κ3) is 1.46. The molecule has 0 aromatic heterocycles. The molecule has 3 N–H and O–H groups in total. The average Bonchev–Trinajstić information content (AvgIpc) is 2.45. The van der Waals surface area contributed by atoms with Crippen molar-refractivity contribution in [3.05, 3.63) is 24.3 Å². The molecular weight excluding hydrogens is 178 g/mol. The van der Waals surface area contributed by atoms with Crippen LogP contribution in [0.2, 0.25) is 0 Å². The molecule has 1 amide bonds. The van der Waals surface area contributed by atoms with Gasteiger partial charge in [0.15, 0.2) is 5.71 Å². The van der Waals surface area contributed by atoms with Crippen LogP contribution in [0.3, 0.4) is 0 Å². The van der Waals surface area contributed by atoms with E-state index in [-0.39, 0.29) is 5.91 Å². The van der Waals surface area contributed by atoms with Gasteiger partial charge in [0.25, 0.3) is 5.91 Å². The predicted octanol–water partition coefficient (Wildman–Crippen LogP) is -0.538. The Morgan fingerprint density at radius 1 is 1.50 bits per heavy atom. The first-order valence-electron chi connectivity index (χ1n) is 4.44. The van der Waals surface area contributed by atoms with Gasteiger partial charge in [-0.3, -0.25) is 4.79 Å². The van der Waals surface area contributed by atoms with Gasteiger partial charge in [-0.1, -0.05) is 11.1 Å². The number of anilines is 2. The number of carbonyl (C=O) groups excluding carboxylic acids is 1. The maximum atomic E-state index is 11.5. The molecule has 2 rings (SSSR count). The first kappa shape index (κ1) is 8.74. The van der Waals surface area contributed by atoms with Gasteiger partial charge < -0.3 is 5.73 Å². The largest absolute Gasteiger partial charge is 0.399 e. The van der Waals surface area contributed by atoms with Crippen LogP contribution in [0, 0.1) is 0 Å². The van der Waals surface area contributed by atoms with Crippen LogP contribution in [0.4, 0.5) is 11.4 Å². The summed E-state index contributed by atoms with van der Waals surface area (Å²) in [6.45, 7) is 1.89. The Morgan fingerprint density at radius 3 is 2.86 bits per heavy atom. The molecular formula is C10H12N3O+. The highest BCUT2D eigenvalue weighted by Gasteiger charge is 2.28. The van der Waals surface area contributed by atoms with Crippen molar-refractivity contribution in [2.24, 2.45) is 0 Å². The van der Waals surface area contributed by atoms with Crippen LogP contribution in [0.5, 0.6) is 0 Å². The molecule has 0 saturated heterocycles. The zero-order chi connectivity index (χ0) is 10.1. The van der Waals surface area contributed by atoms with E-state index in [9.17, 15) is 4.79 Å². The monoisotopic (exact) mass is 190 g/mol. The van der Waals surface area contributed by atoms with Crippen molar-refractivity contribution < 1.29 is 9.90 Å². The minimum atomic E-state index is 0.0492. The third-order valence-electron chi connectivity index (χ3n) is 2.10. The number of nitrogens with zero attached hydrogens (tertiary/aromatic N) is 1. The molecule has 4 nitrogen and oxygen atoms in total. The zero-order valence-corrected chi connectivity index (χ0v) is 7.95. The van der Waals surface area contributed by atoms with Crippen LogP contribution in [0.1, 0.15) is 13.3 Å². The van der Waals surface area contributed by atoms with Crippen LogP contribution >= 0.6 is 0 Å². The Bertz CT molecular complexity index is 412. The second-order valence-corrected chi connectivity index (χ2v) is 3.39. The molecule has 1 aliphatic heterocycles. The minimum absolute atomic E-state index is 0.0492. The van der Waals surface area contributed by atoms with E-state index in [2.05, 4.69) is 5.10 Å². The number of nitrogens with one attached hydrogen (secondary N) is 1. The molecule has 1 aromatic carbocycles. The second kappa shape index (κ2) is 3.14. The van der Waals surface area contributed by atoms with Gasteiger partial charge in [-0.05, 0) is 18.2 Å². The summed E-state index contributed by atoms with van der Waals surface area (Å²) in [5.41, 5.74) is 8.03. The summed E-state index contributed by atoms with van der Waals surface area (Å²) in [6, 6.07) is 7.23. The van der Waals surface area contributed by atoms with Crippen molar-refractivity contribution in [1.82, 2.24) is 0 Å². The first-order valence-corrected chi connectivity index (χ1v) is 4.44. The van der Waals surface area contributed by atoms with Gasteiger partial charge in [0.1, 0.15) is 12.1 Å². The molecule has 0 spiro atoms. The lowest BCUT2D eigenvalue weighted by atomic mass is 10.2. The summed E-state index contributed by atoms with van der Waals surface area (Å²) in [6.07, 6.45) is 0.453. The summed E-state index contributed by atoms with van der Waals surface area (Å²) in [4.78, 5) is 11.5. The van der Waals surface area contributed by atoms with Gasteiger partial charge in [-0.25, -0.2) is 0 Å². The van der Waals surface area contributed by atoms with Crippen molar-refractivity contribution in [1.29, 1.82) is 0 Å². The molecule has 0 aliphatic carbocycles. The fourth-order valence-corrected chi connectivity index (χ4v) is 1.47. The van der Waals surface area contributed by atoms with Crippen LogP contribution < -0.4 is 15.8 Å². The number of hydrogen-bond acceptors (Lipinski definition) is 2. The van der Waals surface area contributed by atoms with E-state index in [0.29, 0.717) is 12.1 Å². The van der Waals surface area contributed by atoms with E-state index >= 15 is 0 Å². The van der Waals surface area contributed by atoms with Crippen molar-refractivity contribution in [3.8, 4) is 0 Å². The quantitative estimate of drug-likeness (QED) is 0.584. The number of hydrogen-bond donors (Lipinski definition) is 2. The van der Waals surface area contributed by atoms with Gasteiger partial charge in [0.2, 0.25) is 0 Å². The summed E-state index contributed by atoms with van der Waals surface area (Å²) in [5, 5.41) is 4.51. The van der Waals surface area contributed by atoms with Gasteiger partial charge in [-0.2, -0.15) is 0 Å². The lowest BCUT2D eigenvalue weighted by Gasteiger charge is -2.06. The summed E-state index contributed by atoms with van der Waals surface area (Å²) >= 11 is 0. The number of nitrogen functional groups attached to an aromatic ring is 1. The number of hydrazine groups is 1. The number of hydrazone groups is 1. The lowest BCUT2D eigenvalue weighted by Crippen LogP contribution is -2.81. The smallest absolute Gasteiger partial charge is 0.293 e. The van der Waals surface area contributed by atoms with Crippen LogP contribution in [0.25, 0.3) is 0 Å². The molecule has 14 heavy (non-hydrogen) atoms. The zero-order valence-electron chi connectivity index (χ0n) is 7.95. The average molecular weight is 190 g/mol. The summed E-state index contributed by atoms with van der Waals surface area (Å²) < 4.78 is 0. The molecule has 0 radical (unpaired) electrons. The van der Waals surface area contributed by atoms with Crippen LogP contribution in [-0.2, 0) is 4.79 Å². The number of carbonyl (C=O) groups is 1. The third-order valence-corrected chi connectivity index (χ3v) is 2.10. The number of benzene rings is 1. The van der Waals surface area contributed by atoms with Crippen LogP contribution in [0.15, 0.2) is 24.3 Å². The Hall–Kier alpha value is -1.84. The fraction of sp³-hybridized carbons (Fsp3) is 0.200. The SMILES string of the molecule is CC1=[NH+]N(c2cccc(N)c2)C(=O)C1. The summed E-state index contributed by atoms with van der Waals surface area (Å²) in [5.74, 6) is 0.0492. The molecule has 0 bridgehead atoms. The molecule has 0 atom stereocenters. The second-order valence-electron chi connectivity index (χ2n) is 3.39. The van der Waals surface area contributed by atoms with E-state index in [1.807, 2.05) is 19.1 Å². The molecule has 1 aromatic rings. The number of nitrogens with two attached hydrogens (primary N) is 1. The van der Waals surface area contributed by atoms with Gasteiger partial charge in [0.05, 0.1) is 0 Å². The highest BCUT2D eigenvalue weighted by molar-refractivity contribution is 6.07. The highest BCUT2D eigenvalue weighted by atomic mass is 16.2. The topological polar surface area (TPSA) is 60.3 Å². The van der Waals surface area contributed by atoms with Crippen molar-refractivity contribution in [3.63, 3.8) is 0 Å². The molecule has 0 unspecified atom stereocenters. The lowest BCUT2D eigenvalue weighted by molar-refractivity contribution is -0.455. The molecule has 72 valence electrons. The first-order chi connectivity index (χ1) is 6.66. The normalized spacial score (nSPS) is 15.9. The van der Waals surface area contributed by atoms with E-state index in [1.54, 1.807) is 12.1 Å². The number of amides is 1. The molecule has 0 saturated carbocycles. The van der Waals surface area contributed by atoms with E-state index in [4.69, 9.17) is 5.73 Å². The van der Waals surface area contributed by atoms with E-state index < -0.39 is 0 Å². The van der Waals surface area contributed by atoms with Gasteiger partial charge in [-0.15, -0.1) is 5.10 Å². The van der Waals surface area contributed by atoms with Gasteiger partial charge >= 0.3 is 0 Å². The number of rotatable bonds is 1. The molecule has 1 aliphatic rings. The van der Waals surface area contributed by atoms with E-state index in [0.717, 1.165) is 11.4 Å². The maximum Gasteiger partial charge on any atom is 0.293 e. The summed E-state index contributed by atoms with van der Waals surface area (Å²) in [7, 11) is 0. The fourth-order valence-electron chi connectivity index (χ4n) is 1.47.